The van der Waals surface area contributed by atoms with Crippen molar-refractivity contribution in [3.63, 3.8) is 0 Å². The molecule has 2 heterocycles. The van der Waals surface area contributed by atoms with E-state index < -0.39 is 0 Å². The monoisotopic (exact) mass is 211 g/mol. The van der Waals surface area contributed by atoms with E-state index in [9.17, 15) is 0 Å². The number of nitrogens with two attached hydrogens (primary N) is 1. The molecule has 1 aliphatic rings. The van der Waals surface area contributed by atoms with E-state index in [1.54, 1.807) is 11.0 Å². The van der Waals surface area contributed by atoms with E-state index in [-0.39, 0.29) is 12.1 Å². The summed E-state index contributed by atoms with van der Waals surface area (Å²) in [4.78, 5) is 4.18. The molecule has 2 rings (SSSR count). The van der Waals surface area contributed by atoms with E-state index in [0.717, 1.165) is 31.7 Å². The molecule has 2 unspecified atom stereocenters. The Morgan fingerprint density at radius 3 is 3.20 bits per heavy atom. The van der Waals surface area contributed by atoms with Crippen LogP contribution in [-0.4, -0.2) is 33.5 Å². The van der Waals surface area contributed by atoms with Gasteiger partial charge in [-0.1, -0.05) is 0 Å². The Kier molecular flexibility index (Phi) is 3.30. The van der Waals surface area contributed by atoms with Gasteiger partial charge in [0.2, 0.25) is 0 Å². The molecule has 1 aromatic rings. The molecular formula is C9H17N5O. The van der Waals surface area contributed by atoms with Crippen LogP contribution < -0.4 is 11.3 Å². The predicted octanol–water partition coefficient (Wildman–Crippen LogP) is -0.631. The van der Waals surface area contributed by atoms with Gasteiger partial charge in [-0.2, -0.15) is 5.10 Å². The van der Waals surface area contributed by atoms with E-state index in [2.05, 4.69) is 15.5 Å². The van der Waals surface area contributed by atoms with Gasteiger partial charge >= 0.3 is 0 Å². The van der Waals surface area contributed by atoms with Gasteiger partial charge in [-0.15, -0.1) is 0 Å². The number of aromatic nitrogens is 3. The van der Waals surface area contributed by atoms with Gasteiger partial charge in [0.25, 0.3) is 0 Å². The Bertz CT molecular complexity index is 307. The van der Waals surface area contributed by atoms with Crippen molar-refractivity contribution < 1.29 is 4.74 Å². The quantitative estimate of drug-likeness (QED) is 0.512. The summed E-state index contributed by atoms with van der Waals surface area (Å²) in [6.07, 6.45) is 4.68. The van der Waals surface area contributed by atoms with Crippen LogP contribution in [0.2, 0.25) is 0 Å². The lowest BCUT2D eigenvalue weighted by Crippen LogP contribution is -2.45. The van der Waals surface area contributed by atoms with E-state index in [1.807, 2.05) is 7.05 Å². The first-order chi connectivity index (χ1) is 7.31. The topological polar surface area (TPSA) is 78.0 Å². The van der Waals surface area contributed by atoms with Gasteiger partial charge in [0.1, 0.15) is 12.2 Å². The third-order valence-corrected chi connectivity index (χ3v) is 2.84. The number of nitrogens with one attached hydrogen (secondary N) is 1. The highest BCUT2D eigenvalue weighted by atomic mass is 16.5. The first kappa shape index (κ1) is 10.5. The van der Waals surface area contributed by atoms with E-state index in [4.69, 9.17) is 10.6 Å². The summed E-state index contributed by atoms with van der Waals surface area (Å²) in [5.41, 5.74) is 2.80. The third kappa shape index (κ3) is 2.34. The van der Waals surface area contributed by atoms with Crippen LogP contribution in [0.1, 0.15) is 18.7 Å². The maximum atomic E-state index is 5.59. The standard InChI is InChI=1S/C9H17N5O/c1-14-9(11-6-12-14)5-7(13-10)8-3-2-4-15-8/h6-8,13H,2-5,10H2,1H3. The lowest BCUT2D eigenvalue weighted by Gasteiger charge is -2.21. The van der Waals surface area contributed by atoms with Crippen LogP contribution in [0.15, 0.2) is 6.33 Å². The highest BCUT2D eigenvalue weighted by Crippen LogP contribution is 2.17. The number of aryl methyl sites for hydroxylation is 1. The van der Waals surface area contributed by atoms with Gasteiger partial charge in [-0.25, -0.2) is 4.98 Å². The van der Waals surface area contributed by atoms with Crippen LogP contribution in [0.5, 0.6) is 0 Å². The second kappa shape index (κ2) is 4.69. The van der Waals surface area contributed by atoms with Crippen molar-refractivity contribution in [2.45, 2.75) is 31.4 Å². The molecule has 3 N–H and O–H groups in total. The summed E-state index contributed by atoms with van der Waals surface area (Å²) in [5.74, 6) is 6.46. The Hall–Kier alpha value is -0.980. The molecule has 6 nitrogen and oxygen atoms in total. The molecule has 1 saturated heterocycles. The maximum absolute atomic E-state index is 5.59. The minimum atomic E-state index is 0.121. The zero-order valence-electron chi connectivity index (χ0n) is 8.89. The van der Waals surface area contributed by atoms with Crippen molar-refractivity contribution in [1.29, 1.82) is 0 Å². The Labute approximate surface area is 88.8 Å². The fraction of sp³-hybridized carbons (Fsp3) is 0.778. The van der Waals surface area contributed by atoms with Crippen molar-refractivity contribution in [3.05, 3.63) is 12.2 Å². The molecule has 0 aliphatic carbocycles. The zero-order valence-corrected chi connectivity index (χ0v) is 8.89. The van der Waals surface area contributed by atoms with E-state index >= 15 is 0 Å². The summed E-state index contributed by atoms with van der Waals surface area (Å²) in [6.45, 7) is 0.835. The minimum Gasteiger partial charge on any atom is -0.377 e. The lowest BCUT2D eigenvalue weighted by atomic mass is 10.1. The average Bonchev–Trinajstić information content (AvgIpc) is 2.86. The van der Waals surface area contributed by atoms with Gasteiger partial charge in [0.05, 0.1) is 12.1 Å². The molecule has 15 heavy (non-hydrogen) atoms. The SMILES string of the molecule is Cn1ncnc1CC(NN)C1CCCO1. The smallest absolute Gasteiger partial charge is 0.138 e. The molecule has 6 heteroatoms. The predicted molar refractivity (Wildman–Crippen MR) is 54.8 cm³/mol. The molecule has 0 amide bonds. The molecule has 84 valence electrons. The van der Waals surface area contributed by atoms with Gasteiger partial charge in [0, 0.05) is 20.1 Å². The first-order valence-electron chi connectivity index (χ1n) is 5.22. The summed E-state index contributed by atoms with van der Waals surface area (Å²) < 4.78 is 7.36. The first-order valence-corrected chi connectivity index (χ1v) is 5.22. The highest BCUT2D eigenvalue weighted by Gasteiger charge is 2.26. The minimum absolute atomic E-state index is 0.121. The molecular weight excluding hydrogens is 194 g/mol. The molecule has 0 bridgehead atoms. The maximum Gasteiger partial charge on any atom is 0.138 e. The van der Waals surface area contributed by atoms with Crippen LogP contribution in [0, 0.1) is 0 Å². The van der Waals surface area contributed by atoms with E-state index in [0.29, 0.717) is 0 Å². The van der Waals surface area contributed by atoms with E-state index in [1.165, 1.54) is 0 Å². The van der Waals surface area contributed by atoms with Gasteiger partial charge in [-0.05, 0) is 12.8 Å². The van der Waals surface area contributed by atoms with Crippen molar-refractivity contribution in [3.8, 4) is 0 Å². The Morgan fingerprint density at radius 2 is 2.67 bits per heavy atom. The fourth-order valence-electron chi connectivity index (χ4n) is 1.92. The van der Waals surface area contributed by atoms with Crippen LogP contribution in [-0.2, 0) is 18.2 Å². The molecule has 0 spiro atoms. The summed E-state index contributed by atoms with van der Waals surface area (Å²) in [5, 5.41) is 4.03. The zero-order chi connectivity index (χ0) is 10.7. The molecule has 2 atom stereocenters. The lowest BCUT2D eigenvalue weighted by molar-refractivity contribution is 0.0775. The molecule has 1 aliphatic heterocycles. The van der Waals surface area contributed by atoms with Crippen molar-refractivity contribution in [1.82, 2.24) is 20.2 Å². The third-order valence-electron chi connectivity index (χ3n) is 2.84. The van der Waals surface area contributed by atoms with Gasteiger partial charge < -0.3 is 4.74 Å². The van der Waals surface area contributed by atoms with Crippen molar-refractivity contribution in [2.24, 2.45) is 12.9 Å². The summed E-state index contributed by atoms with van der Waals surface area (Å²) in [6, 6.07) is 0.121. The van der Waals surface area contributed by atoms with Crippen molar-refractivity contribution in [2.75, 3.05) is 6.61 Å². The molecule has 1 fully saturated rings. The second-order valence-electron chi connectivity index (χ2n) is 3.83. The van der Waals surface area contributed by atoms with Crippen LogP contribution in [0.25, 0.3) is 0 Å². The van der Waals surface area contributed by atoms with Gasteiger partial charge in [0.15, 0.2) is 0 Å². The molecule has 0 saturated carbocycles. The molecule has 0 radical (unpaired) electrons. The molecule has 1 aromatic heterocycles. The largest absolute Gasteiger partial charge is 0.377 e. The van der Waals surface area contributed by atoms with Crippen molar-refractivity contribution >= 4 is 0 Å². The Morgan fingerprint density at radius 1 is 1.80 bits per heavy atom. The highest BCUT2D eigenvalue weighted by molar-refractivity contribution is 4.92. The second-order valence-corrected chi connectivity index (χ2v) is 3.83. The average molecular weight is 211 g/mol. The fourth-order valence-corrected chi connectivity index (χ4v) is 1.92. The number of nitrogens with zero attached hydrogens (tertiary/aromatic N) is 3. The normalized spacial score (nSPS) is 23.2. The number of ether oxygens (including phenoxy) is 1. The van der Waals surface area contributed by atoms with Gasteiger partial charge in [-0.3, -0.25) is 16.0 Å². The summed E-state index contributed by atoms with van der Waals surface area (Å²) in [7, 11) is 1.88. The number of hydrazine groups is 1. The summed E-state index contributed by atoms with van der Waals surface area (Å²) >= 11 is 0. The number of rotatable bonds is 4. The van der Waals surface area contributed by atoms with Crippen LogP contribution in [0.4, 0.5) is 0 Å². The molecule has 0 aromatic carbocycles. The number of hydrogen-bond acceptors (Lipinski definition) is 5. The number of hydrogen-bond donors (Lipinski definition) is 2. The Balaban J connectivity index is 1.98. The van der Waals surface area contributed by atoms with Crippen LogP contribution >= 0.6 is 0 Å². The van der Waals surface area contributed by atoms with Crippen LogP contribution in [0.3, 0.4) is 0 Å².